The topological polar surface area (TPSA) is 91.6 Å². The van der Waals surface area contributed by atoms with E-state index in [0.717, 1.165) is 5.56 Å². The largest absolute Gasteiger partial charge is 0.459 e. The first kappa shape index (κ1) is 16.8. The van der Waals surface area contributed by atoms with E-state index in [0.29, 0.717) is 6.42 Å². The molecule has 6 heteroatoms. The summed E-state index contributed by atoms with van der Waals surface area (Å²) in [6, 6.07) is 11.4. The third kappa shape index (κ3) is 4.96. The summed E-state index contributed by atoms with van der Waals surface area (Å²) in [5, 5.41) is 14.4. The van der Waals surface area contributed by atoms with Gasteiger partial charge in [0, 0.05) is 12.5 Å². The molecule has 2 aromatic rings. The summed E-state index contributed by atoms with van der Waals surface area (Å²) < 4.78 is 5.04. The molecule has 1 heterocycles. The lowest BCUT2D eigenvalue weighted by Gasteiger charge is -2.20. The summed E-state index contributed by atoms with van der Waals surface area (Å²) in [6.07, 6.45) is 1.74. The molecule has 1 aromatic carbocycles. The Morgan fingerprint density at radius 1 is 1.13 bits per heavy atom. The smallest absolute Gasteiger partial charge is 0.287 e. The number of benzene rings is 1. The van der Waals surface area contributed by atoms with Gasteiger partial charge in [0.05, 0.1) is 12.9 Å². The summed E-state index contributed by atoms with van der Waals surface area (Å²) in [7, 11) is 0. The number of amides is 2. The van der Waals surface area contributed by atoms with Crippen LogP contribution in [0.4, 0.5) is 0 Å². The molecule has 0 aliphatic rings. The maximum Gasteiger partial charge on any atom is 0.287 e. The van der Waals surface area contributed by atoms with Crippen molar-refractivity contribution in [1.82, 2.24) is 10.6 Å². The molecule has 0 spiro atoms. The zero-order valence-corrected chi connectivity index (χ0v) is 12.9. The zero-order chi connectivity index (χ0) is 16.7. The predicted molar refractivity (Wildman–Crippen MR) is 84.8 cm³/mol. The zero-order valence-electron chi connectivity index (χ0n) is 12.9. The van der Waals surface area contributed by atoms with Crippen molar-refractivity contribution in [3.63, 3.8) is 0 Å². The monoisotopic (exact) mass is 316 g/mol. The Hall–Kier alpha value is -2.60. The number of aliphatic hydroxyl groups excluding tert-OH is 1. The highest BCUT2D eigenvalue weighted by Gasteiger charge is 2.23. The molecule has 6 nitrogen and oxygen atoms in total. The second kappa shape index (κ2) is 8.14. The van der Waals surface area contributed by atoms with E-state index in [-0.39, 0.29) is 24.3 Å². The van der Waals surface area contributed by atoms with Gasteiger partial charge >= 0.3 is 0 Å². The summed E-state index contributed by atoms with van der Waals surface area (Å²) in [5.41, 5.74) is 0.920. The number of hydrogen-bond acceptors (Lipinski definition) is 4. The predicted octanol–water partition coefficient (Wildman–Crippen LogP) is 1.12. The Morgan fingerprint density at radius 2 is 1.87 bits per heavy atom. The third-order valence-electron chi connectivity index (χ3n) is 3.31. The molecule has 122 valence electrons. The first-order chi connectivity index (χ1) is 11.1. The molecular weight excluding hydrogens is 296 g/mol. The first-order valence-electron chi connectivity index (χ1n) is 7.39. The number of carbonyl (C=O) groups is 2. The van der Waals surface area contributed by atoms with E-state index >= 15 is 0 Å². The number of carbonyl (C=O) groups excluding carboxylic acids is 2. The molecule has 2 unspecified atom stereocenters. The third-order valence-corrected chi connectivity index (χ3v) is 3.31. The summed E-state index contributed by atoms with van der Waals surface area (Å²) in [4.78, 5) is 24.5. The second-order valence-electron chi connectivity index (χ2n) is 5.29. The minimum atomic E-state index is -0.760. The van der Waals surface area contributed by atoms with E-state index in [1.165, 1.54) is 12.3 Å². The number of rotatable bonds is 7. The quantitative estimate of drug-likeness (QED) is 0.714. The van der Waals surface area contributed by atoms with Crippen LogP contribution in [0, 0.1) is 0 Å². The molecule has 2 rings (SSSR count). The standard InChI is InChI=1S/C17H20N2O4/c1-12(11-20)18-16(21)14(10-13-6-3-2-4-7-13)19-17(22)15-8-5-9-23-15/h2-9,12,14,20H,10-11H2,1H3,(H,18,21)(H,19,22). The van der Waals surface area contributed by atoms with Crippen LogP contribution < -0.4 is 10.6 Å². The Bertz CT molecular complexity index is 625. The van der Waals surface area contributed by atoms with Crippen LogP contribution in [0.25, 0.3) is 0 Å². The van der Waals surface area contributed by atoms with Crippen molar-refractivity contribution in [2.45, 2.75) is 25.4 Å². The van der Waals surface area contributed by atoms with Gasteiger partial charge in [-0.3, -0.25) is 9.59 Å². The van der Waals surface area contributed by atoms with Crippen LogP contribution in [0.15, 0.2) is 53.1 Å². The molecule has 0 saturated carbocycles. The molecule has 0 saturated heterocycles. The highest BCUT2D eigenvalue weighted by Crippen LogP contribution is 2.06. The fourth-order valence-corrected chi connectivity index (χ4v) is 2.09. The Kier molecular flexibility index (Phi) is 5.94. The van der Waals surface area contributed by atoms with E-state index in [1.807, 2.05) is 30.3 Å². The van der Waals surface area contributed by atoms with Crippen molar-refractivity contribution in [2.75, 3.05) is 6.61 Å². The van der Waals surface area contributed by atoms with Crippen LogP contribution in [-0.4, -0.2) is 35.6 Å². The average Bonchev–Trinajstić information content (AvgIpc) is 3.09. The molecule has 3 N–H and O–H groups in total. The van der Waals surface area contributed by atoms with Gasteiger partial charge in [0.2, 0.25) is 5.91 Å². The maximum atomic E-state index is 12.4. The summed E-state index contributed by atoms with van der Waals surface area (Å²) in [6.45, 7) is 1.52. The molecule has 0 aliphatic carbocycles. The van der Waals surface area contributed by atoms with E-state index in [4.69, 9.17) is 9.52 Å². The van der Waals surface area contributed by atoms with Crippen molar-refractivity contribution in [3.05, 3.63) is 60.1 Å². The molecule has 0 radical (unpaired) electrons. The molecule has 0 bridgehead atoms. The van der Waals surface area contributed by atoms with E-state index in [1.54, 1.807) is 13.0 Å². The molecule has 0 fully saturated rings. The van der Waals surface area contributed by atoms with Gasteiger partial charge in [-0.1, -0.05) is 30.3 Å². The number of nitrogens with one attached hydrogen (secondary N) is 2. The van der Waals surface area contributed by atoms with Crippen LogP contribution in [0.3, 0.4) is 0 Å². The van der Waals surface area contributed by atoms with Crippen LogP contribution in [-0.2, 0) is 11.2 Å². The lowest BCUT2D eigenvalue weighted by atomic mass is 10.0. The van der Waals surface area contributed by atoms with E-state index < -0.39 is 11.9 Å². The molecular formula is C17H20N2O4. The van der Waals surface area contributed by atoms with E-state index in [9.17, 15) is 9.59 Å². The minimum absolute atomic E-state index is 0.145. The molecule has 2 atom stereocenters. The van der Waals surface area contributed by atoms with Crippen LogP contribution in [0.2, 0.25) is 0 Å². The number of furan rings is 1. The normalized spacial score (nSPS) is 13.1. The lowest BCUT2D eigenvalue weighted by molar-refractivity contribution is -0.123. The van der Waals surface area contributed by atoms with Crippen molar-refractivity contribution in [3.8, 4) is 0 Å². The van der Waals surface area contributed by atoms with Gasteiger partial charge in [0.15, 0.2) is 5.76 Å². The van der Waals surface area contributed by atoms with Crippen molar-refractivity contribution >= 4 is 11.8 Å². The van der Waals surface area contributed by atoms with Gasteiger partial charge in [0.25, 0.3) is 5.91 Å². The van der Waals surface area contributed by atoms with Crippen molar-refractivity contribution in [2.24, 2.45) is 0 Å². The number of hydrogen-bond donors (Lipinski definition) is 3. The minimum Gasteiger partial charge on any atom is -0.459 e. The van der Waals surface area contributed by atoms with Crippen LogP contribution >= 0.6 is 0 Å². The van der Waals surface area contributed by atoms with Crippen molar-refractivity contribution < 1.29 is 19.1 Å². The fourth-order valence-electron chi connectivity index (χ4n) is 2.09. The molecule has 0 aliphatic heterocycles. The highest BCUT2D eigenvalue weighted by molar-refractivity contribution is 5.95. The van der Waals surface area contributed by atoms with Crippen LogP contribution in [0.5, 0.6) is 0 Å². The SMILES string of the molecule is CC(CO)NC(=O)C(Cc1ccccc1)NC(=O)c1ccco1. The first-order valence-corrected chi connectivity index (χ1v) is 7.39. The summed E-state index contributed by atoms with van der Waals surface area (Å²) >= 11 is 0. The second-order valence-corrected chi connectivity index (χ2v) is 5.29. The highest BCUT2D eigenvalue weighted by atomic mass is 16.3. The van der Waals surface area contributed by atoms with Gasteiger partial charge < -0.3 is 20.2 Å². The van der Waals surface area contributed by atoms with Gasteiger partial charge in [-0.25, -0.2) is 0 Å². The van der Waals surface area contributed by atoms with Gasteiger partial charge in [-0.2, -0.15) is 0 Å². The van der Waals surface area contributed by atoms with Crippen LogP contribution in [0.1, 0.15) is 23.0 Å². The van der Waals surface area contributed by atoms with Gasteiger partial charge in [-0.05, 0) is 24.6 Å². The fraction of sp³-hybridized carbons (Fsp3) is 0.294. The van der Waals surface area contributed by atoms with Crippen molar-refractivity contribution in [1.29, 1.82) is 0 Å². The van der Waals surface area contributed by atoms with E-state index in [2.05, 4.69) is 10.6 Å². The molecule has 2 amide bonds. The summed E-state index contributed by atoms with van der Waals surface area (Å²) in [5.74, 6) is -0.663. The maximum absolute atomic E-state index is 12.4. The Labute approximate surface area is 134 Å². The molecule has 23 heavy (non-hydrogen) atoms. The average molecular weight is 316 g/mol. The number of aliphatic hydroxyl groups is 1. The van der Waals surface area contributed by atoms with Gasteiger partial charge in [-0.15, -0.1) is 0 Å². The Balaban J connectivity index is 2.10. The Morgan fingerprint density at radius 3 is 2.48 bits per heavy atom. The lowest BCUT2D eigenvalue weighted by Crippen LogP contribution is -2.50. The van der Waals surface area contributed by atoms with Gasteiger partial charge in [0.1, 0.15) is 6.04 Å². The molecule has 1 aromatic heterocycles.